The SMILES string of the molecule is FC(F)c1cccc([C@@H]2CCON2)c1. The van der Waals surface area contributed by atoms with E-state index in [1.54, 1.807) is 6.07 Å². The fraction of sp³-hybridized carbons (Fsp3) is 0.400. The van der Waals surface area contributed by atoms with Crippen LogP contribution in [-0.4, -0.2) is 6.61 Å². The molecule has 0 amide bonds. The van der Waals surface area contributed by atoms with Crippen LogP contribution in [0.15, 0.2) is 24.3 Å². The maximum absolute atomic E-state index is 12.4. The molecule has 1 N–H and O–H groups in total. The second-order valence-electron chi connectivity index (χ2n) is 3.28. The summed E-state index contributed by atoms with van der Waals surface area (Å²) < 4.78 is 24.8. The molecule has 1 aromatic rings. The summed E-state index contributed by atoms with van der Waals surface area (Å²) in [5.41, 5.74) is 3.72. The number of hydrogen-bond acceptors (Lipinski definition) is 2. The van der Waals surface area contributed by atoms with Gasteiger partial charge in [0.15, 0.2) is 0 Å². The largest absolute Gasteiger partial charge is 0.301 e. The Balaban J connectivity index is 2.21. The van der Waals surface area contributed by atoms with Gasteiger partial charge in [-0.2, -0.15) is 5.48 Å². The Morgan fingerprint density at radius 1 is 1.43 bits per heavy atom. The standard InChI is InChI=1S/C10H11F2NO/c11-10(12)8-3-1-2-7(6-8)9-4-5-14-13-9/h1-3,6,9-10,13H,4-5H2/t9-/m0/s1. The van der Waals surface area contributed by atoms with Crippen LogP contribution < -0.4 is 5.48 Å². The predicted octanol–water partition coefficient (Wildman–Crippen LogP) is 2.59. The normalized spacial score (nSPS) is 21.8. The fourth-order valence-corrected chi connectivity index (χ4v) is 1.54. The zero-order chi connectivity index (χ0) is 9.97. The lowest BCUT2D eigenvalue weighted by molar-refractivity contribution is 0.0881. The van der Waals surface area contributed by atoms with E-state index in [2.05, 4.69) is 5.48 Å². The van der Waals surface area contributed by atoms with E-state index in [1.165, 1.54) is 12.1 Å². The molecule has 1 saturated heterocycles. The Morgan fingerprint density at radius 3 is 2.93 bits per heavy atom. The van der Waals surface area contributed by atoms with Gasteiger partial charge >= 0.3 is 0 Å². The van der Waals surface area contributed by atoms with E-state index in [4.69, 9.17) is 4.84 Å². The molecule has 2 rings (SSSR count). The molecule has 0 aliphatic carbocycles. The highest BCUT2D eigenvalue weighted by atomic mass is 19.3. The van der Waals surface area contributed by atoms with Crippen LogP contribution >= 0.6 is 0 Å². The van der Waals surface area contributed by atoms with E-state index in [0.717, 1.165) is 12.0 Å². The van der Waals surface area contributed by atoms with Gasteiger partial charge in [0.2, 0.25) is 0 Å². The van der Waals surface area contributed by atoms with Gasteiger partial charge in [-0.1, -0.05) is 18.2 Å². The molecule has 1 aliphatic heterocycles. The number of halogens is 2. The van der Waals surface area contributed by atoms with Gasteiger partial charge < -0.3 is 4.84 Å². The number of benzene rings is 1. The lowest BCUT2D eigenvalue weighted by Crippen LogP contribution is -2.11. The highest BCUT2D eigenvalue weighted by molar-refractivity contribution is 5.26. The summed E-state index contributed by atoms with van der Waals surface area (Å²) in [5, 5.41) is 0. The topological polar surface area (TPSA) is 21.3 Å². The molecule has 4 heteroatoms. The average molecular weight is 199 g/mol. The summed E-state index contributed by atoms with van der Waals surface area (Å²) in [6.07, 6.45) is -1.58. The molecule has 1 aromatic carbocycles. The monoisotopic (exact) mass is 199 g/mol. The number of alkyl halides is 2. The molecular weight excluding hydrogens is 188 g/mol. The lowest BCUT2D eigenvalue weighted by atomic mass is 10.0. The molecule has 0 aromatic heterocycles. The Hall–Kier alpha value is -1.00. The minimum atomic E-state index is -2.41. The number of hydrogen-bond donors (Lipinski definition) is 1. The average Bonchev–Trinajstić information content (AvgIpc) is 2.71. The Labute approximate surface area is 80.8 Å². The zero-order valence-corrected chi connectivity index (χ0v) is 7.54. The molecule has 1 aliphatic rings. The first kappa shape index (κ1) is 9.55. The fourth-order valence-electron chi connectivity index (χ4n) is 1.54. The second kappa shape index (κ2) is 4.02. The third-order valence-corrected chi connectivity index (χ3v) is 2.30. The van der Waals surface area contributed by atoms with Crippen LogP contribution in [0.3, 0.4) is 0 Å². The minimum Gasteiger partial charge on any atom is -0.301 e. The molecular formula is C10H11F2NO. The third kappa shape index (κ3) is 1.91. The van der Waals surface area contributed by atoms with Gasteiger partial charge in [-0.3, -0.25) is 0 Å². The van der Waals surface area contributed by atoms with E-state index < -0.39 is 6.43 Å². The van der Waals surface area contributed by atoms with Crippen molar-refractivity contribution in [3.8, 4) is 0 Å². The summed E-state index contributed by atoms with van der Waals surface area (Å²) in [6.45, 7) is 0.629. The van der Waals surface area contributed by atoms with E-state index in [9.17, 15) is 8.78 Å². The summed E-state index contributed by atoms with van der Waals surface area (Å²) in [4.78, 5) is 4.97. The lowest BCUT2D eigenvalue weighted by Gasteiger charge is -2.10. The molecule has 1 atom stereocenters. The van der Waals surface area contributed by atoms with Gasteiger partial charge in [0.1, 0.15) is 0 Å². The third-order valence-electron chi connectivity index (χ3n) is 2.30. The van der Waals surface area contributed by atoms with Crippen molar-refractivity contribution in [1.82, 2.24) is 5.48 Å². The van der Waals surface area contributed by atoms with Gasteiger partial charge in [-0.05, 0) is 18.1 Å². The first-order valence-corrected chi connectivity index (χ1v) is 4.52. The van der Waals surface area contributed by atoms with Crippen molar-refractivity contribution in [3.63, 3.8) is 0 Å². The van der Waals surface area contributed by atoms with Crippen LogP contribution in [0.5, 0.6) is 0 Å². The van der Waals surface area contributed by atoms with Crippen molar-refractivity contribution in [2.75, 3.05) is 6.61 Å². The quantitative estimate of drug-likeness (QED) is 0.790. The Bertz CT molecular complexity index is 311. The van der Waals surface area contributed by atoms with Crippen LogP contribution in [0.25, 0.3) is 0 Å². The highest BCUT2D eigenvalue weighted by Gasteiger charge is 2.18. The van der Waals surface area contributed by atoms with E-state index >= 15 is 0 Å². The maximum Gasteiger partial charge on any atom is 0.263 e. The molecule has 0 radical (unpaired) electrons. The summed E-state index contributed by atoms with van der Waals surface area (Å²) in [6, 6.07) is 6.49. The van der Waals surface area contributed by atoms with Gasteiger partial charge in [-0.25, -0.2) is 8.78 Å². The van der Waals surface area contributed by atoms with Gasteiger partial charge in [0.25, 0.3) is 6.43 Å². The van der Waals surface area contributed by atoms with Crippen LogP contribution in [0.4, 0.5) is 8.78 Å². The molecule has 0 bridgehead atoms. The maximum atomic E-state index is 12.4. The van der Waals surface area contributed by atoms with Gasteiger partial charge in [0.05, 0.1) is 12.6 Å². The first-order valence-electron chi connectivity index (χ1n) is 4.52. The first-order chi connectivity index (χ1) is 6.77. The Kier molecular flexibility index (Phi) is 2.74. The van der Waals surface area contributed by atoms with Crippen LogP contribution in [0.1, 0.15) is 30.0 Å². The van der Waals surface area contributed by atoms with Crippen molar-refractivity contribution in [2.45, 2.75) is 18.9 Å². The molecule has 0 spiro atoms. The van der Waals surface area contributed by atoms with Crippen LogP contribution in [0, 0.1) is 0 Å². The number of rotatable bonds is 2. The molecule has 0 unspecified atom stereocenters. The van der Waals surface area contributed by atoms with Crippen molar-refractivity contribution < 1.29 is 13.6 Å². The molecule has 0 saturated carbocycles. The van der Waals surface area contributed by atoms with Crippen molar-refractivity contribution in [3.05, 3.63) is 35.4 Å². The minimum absolute atomic E-state index is 0.0497. The molecule has 1 heterocycles. The van der Waals surface area contributed by atoms with Crippen molar-refractivity contribution >= 4 is 0 Å². The molecule has 14 heavy (non-hydrogen) atoms. The van der Waals surface area contributed by atoms with Gasteiger partial charge in [-0.15, -0.1) is 0 Å². The van der Waals surface area contributed by atoms with Crippen molar-refractivity contribution in [1.29, 1.82) is 0 Å². The Morgan fingerprint density at radius 2 is 2.29 bits per heavy atom. The van der Waals surface area contributed by atoms with E-state index in [0.29, 0.717) is 6.61 Å². The second-order valence-corrected chi connectivity index (χ2v) is 3.28. The van der Waals surface area contributed by atoms with E-state index in [1.807, 2.05) is 6.07 Å². The summed E-state index contributed by atoms with van der Waals surface area (Å²) >= 11 is 0. The molecule has 1 fully saturated rings. The van der Waals surface area contributed by atoms with E-state index in [-0.39, 0.29) is 11.6 Å². The zero-order valence-electron chi connectivity index (χ0n) is 7.54. The number of hydroxylamine groups is 1. The molecule has 76 valence electrons. The van der Waals surface area contributed by atoms with Gasteiger partial charge in [0, 0.05) is 5.56 Å². The number of nitrogens with one attached hydrogen (secondary N) is 1. The van der Waals surface area contributed by atoms with Crippen molar-refractivity contribution in [2.24, 2.45) is 0 Å². The summed E-state index contributed by atoms with van der Waals surface area (Å²) in [7, 11) is 0. The smallest absolute Gasteiger partial charge is 0.263 e. The predicted molar refractivity (Wildman–Crippen MR) is 47.8 cm³/mol. The van der Waals surface area contributed by atoms with Crippen LogP contribution in [-0.2, 0) is 4.84 Å². The highest BCUT2D eigenvalue weighted by Crippen LogP contribution is 2.25. The molecule has 2 nitrogen and oxygen atoms in total. The summed E-state index contributed by atoms with van der Waals surface area (Å²) in [5.74, 6) is 0. The van der Waals surface area contributed by atoms with Crippen LogP contribution in [0.2, 0.25) is 0 Å².